The zero-order valence-electron chi connectivity index (χ0n) is 33.2. The Morgan fingerprint density at radius 3 is 1.24 bits per heavy atom. The molecule has 0 aromatic rings. The highest BCUT2D eigenvalue weighted by Crippen LogP contribution is 2.15. The summed E-state index contributed by atoms with van der Waals surface area (Å²) in [4.78, 5) is 24.3. The summed E-state index contributed by atoms with van der Waals surface area (Å²) in [5.74, 6) is -0.608. The third-order valence-electron chi connectivity index (χ3n) is 9.44. The minimum absolute atomic E-state index is 0.0746. The molecular weight excluding hydrogens is 620 g/mol. The van der Waals surface area contributed by atoms with Gasteiger partial charge in [-0.2, -0.15) is 0 Å². The molecule has 292 valence electrons. The zero-order valence-corrected chi connectivity index (χ0v) is 33.2. The lowest BCUT2D eigenvalue weighted by molar-refractivity contribution is -0.161. The van der Waals surface area contributed by atoms with E-state index in [4.69, 9.17) is 9.47 Å². The summed E-state index contributed by atoms with van der Waals surface area (Å²) in [6.45, 7) is 4.11. The fraction of sp³-hybridized carbons (Fsp3) is 0.822. The Balaban J connectivity index is 3.55. The number of aliphatic hydroxyl groups excluding tert-OH is 1. The average molecular weight is 703 g/mol. The third kappa shape index (κ3) is 38.9. The number of esters is 2. The van der Waals surface area contributed by atoms with E-state index in [1.54, 1.807) is 0 Å². The number of carbonyl (C=O) groups excluding carboxylic acids is 2. The van der Waals surface area contributed by atoms with Gasteiger partial charge in [0.25, 0.3) is 0 Å². The Labute approximate surface area is 310 Å². The van der Waals surface area contributed by atoms with Gasteiger partial charge in [0.05, 0.1) is 6.61 Å². The number of allylic oxidation sites excluding steroid dienone is 6. The Bertz CT molecular complexity index is 801. The van der Waals surface area contributed by atoms with Crippen LogP contribution < -0.4 is 0 Å². The highest BCUT2D eigenvalue weighted by molar-refractivity contribution is 5.70. The van der Waals surface area contributed by atoms with Gasteiger partial charge in [0.15, 0.2) is 6.10 Å². The highest BCUT2D eigenvalue weighted by atomic mass is 16.6. The van der Waals surface area contributed by atoms with Crippen molar-refractivity contribution < 1.29 is 24.2 Å². The molecule has 0 saturated heterocycles. The molecule has 0 aromatic heterocycles. The molecule has 0 rings (SSSR count). The Morgan fingerprint density at radius 1 is 0.460 bits per heavy atom. The lowest BCUT2D eigenvalue weighted by Gasteiger charge is -2.15. The minimum Gasteiger partial charge on any atom is -0.462 e. The molecule has 0 saturated carbocycles. The van der Waals surface area contributed by atoms with Gasteiger partial charge in [0.1, 0.15) is 6.61 Å². The summed E-state index contributed by atoms with van der Waals surface area (Å²) in [6.07, 6.45) is 50.7. The molecule has 1 atom stereocenters. The maximum absolute atomic E-state index is 12.2. The van der Waals surface area contributed by atoms with Crippen LogP contribution >= 0.6 is 0 Å². The van der Waals surface area contributed by atoms with Crippen molar-refractivity contribution in [2.75, 3.05) is 13.2 Å². The number of hydrogen-bond donors (Lipinski definition) is 1. The van der Waals surface area contributed by atoms with E-state index in [0.29, 0.717) is 12.8 Å². The van der Waals surface area contributed by atoms with Crippen LogP contribution in [0.3, 0.4) is 0 Å². The molecule has 0 amide bonds. The first-order valence-electron chi connectivity index (χ1n) is 21.5. The van der Waals surface area contributed by atoms with Gasteiger partial charge in [-0.25, -0.2) is 0 Å². The van der Waals surface area contributed by atoms with E-state index in [2.05, 4.69) is 50.3 Å². The van der Waals surface area contributed by atoms with Gasteiger partial charge in [-0.3, -0.25) is 9.59 Å². The Kier molecular flexibility index (Phi) is 40.0. The van der Waals surface area contributed by atoms with Crippen LogP contribution in [0.5, 0.6) is 0 Å². The highest BCUT2D eigenvalue weighted by Gasteiger charge is 2.16. The first kappa shape index (κ1) is 48.1. The van der Waals surface area contributed by atoms with Gasteiger partial charge in [-0.15, -0.1) is 0 Å². The van der Waals surface area contributed by atoms with E-state index >= 15 is 0 Å². The van der Waals surface area contributed by atoms with Crippen molar-refractivity contribution in [3.05, 3.63) is 36.5 Å². The molecule has 5 nitrogen and oxygen atoms in total. The predicted molar refractivity (Wildman–Crippen MR) is 214 cm³/mol. The predicted octanol–water partition coefficient (Wildman–Crippen LogP) is 13.6. The second-order valence-corrected chi connectivity index (χ2v) is 14.4. The Hall–Kier alpha value is -1.88. The second kappa shape index (κ2) is 41.5. The zero-order chi connectivity index (χ0) is 36.4. The van der Waals surface area contributed by atoms with E-state index in [9.17, 15) is 14.7 Å². The van der Waals surface area contributed by atoms with Gasteiger partial charge in [0.2, 0.25) is 0 Å². The first-order valence-corrected chi connectivity index (χ1v) is 21.5. The van der Waals surface area contributed by atoms with Gasteiger partial charge in [-0.05, 0) is 51.4 Å². The summed E-state index contributed by atoms with van der Waals surface area (Å²) >= 11 is 0. The van der Waals surface area contributed by atoms with Crippen LogP contribution in [0.15, 0.2) is 36.5 Å². The van der Waals surface area contributed by atoms with Crippen molar-refractivity contribution >= 4 is 11.9 Å². The molecule has 0 bridgehead atoms. The largest absolute Gasteiger partial charge is 0.462 e. The smallest absolute Gasteiger partial charge is 0.306 e. The van der Waals surface area contributed by atoms with E-state index in [1.165, 1.54) is 128 Å². The maximum Gasteiger partial charge on any atom is 0.306 e. The number of hydrogen-bond acceptors (Lipinski definition) is 5. The minimum atomic E-state index is -0.777. The fourth-order valence-corrected chi connectivity index (χ4v) is 6.15. The molecule has 0 heterocycles. The molecule has 0 aromatic carbocycles. The van der Waals surface area contributed by atoms with E-state index in [1.807, 2.05) is 0 Å². The number of carbonyl (C=O) groups is 2. The fourth-order valence-electron chi connectivity index (χ4n) is 6.15. The summed E-state index contributed by atoms with van der Waals surface area (Å²) in [5.41, 5.74) is 0. The molecule has 0 radical (unpaired) electrons. The van der Waals surface area contributed by atoms with Gasteiger partial charge in [-0.1, -0.05) is 192 Å². The van der Waals surface area contributed by atoms with Crippen LogP contribution in [0.25, 0.3) is 0 Å². The third-order valence-corrected chi connectivity index (χ3v) is 9.44. The summed E-state index contributed by atoms with van der Waals surface area (Å²) in [7, 11) is 0. The lowest BCUT2D eigenvalue weighted by atomic mass is 10.0. The quantitative estimate of drug-likeness (QED) is 0.0392. The van der Waals surface area contributed by atoms with Crippen molar-refractivity contribution in [2.45, 2.75) is 225 Å². The molecule has 0 spiro atoms. The number of rotatable bonds is 39. The summed E-state index contributed by atoms with van der Waals surface area (Å²) < 4.78 is 10.6. The van der Waals surface area contributed by atoms with Crippen LogP contribution in [0, 0.1) is 0 Å². The monoisotopic (exact) mass is 703 g/mol. The van der Waals surface area contributed by atoms with Crippen molar-refractivity contribution in [3.8, 4) is 0 Å². The van der Waals surface area contributed by atoms with Crippen molar-refractivity contribution in [1.29, 1.82) is 0 Å². The maximum atomic E-state index is 12.2. The van der Waals surface area contributed by atoms with Gasteiger partial charge >= 0.3 is 11.9 Å². The summed E-state index contributed by atoms with van der Waals surface area (Å²) in [6, 6.07) is 0. The normalized spacial score (nSPS) is 12.5. The first-order chi connectivity index (χ1) is 24.6. The molecule has 0 aliphatic rings. The van der Waals surface area contributed by atoms with Crippen molar-refractivity contribution in [1.82, 2.24) is 0 Å². The van der Waals surface area contributed by atoms with Crippen LogP contribution in [0.2, 0.25) is 0 Å². The molecule has 0 aliphatic heterocycles. The van der Waals surface area contributed by atoms with E-state index in [0.717, 1.165) is 64.2 Å². The van der Waals surface area contributed by atoms with Crippen LogP contribution in [0.4, 0.5) is 0 Å². The SMILES string of the molecule is CCCCC/C=C/C/C=C/C/C=C/CCCCCCC(=O)OC[C@H](CO)OC(=O)CCCCCCCCCCCCCCCCCCCCC. The van der Waals surface area contributed by atoms with Crippen LogP contribution in [-0.2, 0) is 19.1 Å². The molecule has 5 heteroatoms. The van der Waals surface area contributed by atoms with E-state index in [-0.39, 0.29) is 25.2 Å². The second-order valence-electron chi connectivity index (χ2n) is 14.4. The molecule has 50 heavy (non-hydrogen) atoms. The van der Waals surface area contributed by atoms with Gasteiger partial charge in [0, 0.05) is 12.8 Å². The Morgan fingerprint density at radius 2 is 0.800 bits per heavy atom. The van der Waals surface area contributed by atoms with Crippen LogP contribution in [-0.4, -0.2) is 36.4 Å². The number of ether oxygens (including phenoxy) is 2. The average Bonchev–Trinajstić information content (AvgIpc) is 3.12. The molecule has 1 N–H and O–H groups in total. The standard InChI is InChI=1S/C45H82O5/c1-3-5-7-9-11-13-15-17-19-21-22-24-26-28-30-32-34-36-38-40-45(48)50-43(41-46)42-49-44(47)39-37-35-33-31-29-27-25-23-20-18-16-14-12-10-8-6-4-2/h12,14,18,20,25,27,43,46H,3-11,13,15-17,19,21-24,26,28-42H2,1-2H3/b14-12+,20-18+,27-25+/t43-/m0/s1. The van der Waals surface area contributed by atoms with Crippen LogP contribution in [0.1, 0.15) is 219 Å². The summed E-state index contributed by atoms with van der Waals surface area (Å²) in [5, 5.41) is 9.57. The lowest BCUT2D eigenvalue weighted by Crippen LogP contribution is -2.28. The number of unbranched alkanes of at least 4 members (excludes halogenated alkanes) is 25. The number of aliphatic hydroxyl groups is 1. The molecule has 0 aliphatic carbocycles. The molecular formula is C45H82O5. The topological polar surface area (TPSA) is 72.8 Å². The molecule has 0 unspecified atom stereocenters. The van der Waals surface area contributed by atoms with Gasteiger partial charge < -0.3 is 14.6 Å². The van der Waals surface area contributed by atoms with E-state index < -0.39 is 6.10 Å². The van der Waals surface area contributed by atoms with Crippen molar-refractivity contribution in [3.63, 3.8) is 0 Å². The van der Waals surface area contributed by atoms with Crippen molar-refractivity contribution in [2.24, 2.45) is 0 Å². The molecule has 0 fully saturated rings.